The highest BCUT2D eigenvalue weighted by Gasteiger charge is 2.37. The monoisotopic (exact) mass is 279 g/mol. The Labute approximate surface area is 121 Å². The second-order valence-corrected chi connectivity index (χ2v) is 6.98. The van der Waals surface area contributed by atoms with Gasteiger partial charge in [-0.15, -0.1) is 0 Å². The Balaban J connectivity index is 2.15. The van der Waals surface area contributed by atoms with Crippen molar-refractivity contribution in [2.24, 2.45) is 0 Å². The topological polar surface area (TPSA) is 32.3 Å². The van der Waals surface area contributed by atoms with E-state index in [2.05, 4.69) is 43.4 Å². The summed E-state index contributed by atoms with van der Waals surface area (Å²) in [5.74, 6) is 0.930. The number of aliphatic hydroxyl groups excluding tert-OH is 1. The van der Waals surface area contributed by atoms with Crippen LogP contribution in [0, 0.1) is 0 Å². The molecule has 0 spiro atoms. The van der Waals surface area contributed by atoms with Gasteiger partial charge in [0, 0.05) is 17.0 Å². The van der Waals surface area contributed by atoms with Crippen molar-refractivity contribution in [3.05, 3.63) is 35.9 Å². The molecule has 106 valence electrons. The number of aliphatic hydroxyl groups is 1. The number of nitrogens with one attached hydrogen (secondary N) is 1. The van der Waals surface area contributed by atoms with Gasteiger partial charge in [0.1, 0.15) is 0 Å². The fraction of sp³-hybridized carbons (Fsp3) is 0.625. The van der Waals surface area contributed by atoms with Gasteiger partial charge in [0.15, 0.2) is 0 Å². The fourth-order valence-corrected chi connectivity index (χ4v) is 3.31. The van der Waals surface area contributed by atoms with Gasteiger partial charge in [-0.25, -0.2) is 0 Å². The lowest BCUT2D eigenvalue weighted by Gasteiger charge is -2.34. The third-order valence-electron chi connectivity index (χ3n) is 3.84. The molecule has 3 heteroatoms. The summed E-state index contributed by atoms with van der Waals surface area (Å²) >= 11 is 1.95. The molecule has 0 radical (unpaired) electrons. The lowest BCUT2D eigenvalue weighted by molar-refractivity contribution is 0.177. The molecule has 1 saturated carbocycles. The molecule has 0 amide bonds. The molecule has 2 unspecified atom stereocenters. The highest BCUT2D eigenvalue weighted by Crippen LogP contribution is 2.32. The van der Waals surface area contributed by atoms with E-state index in [1.807, 2.05) is 17.8 Å². The van der Waals surface area contributed by atoms with Crippen LogP contribution >= 0.6 is 11.8 Å². The first kappa shape index (κ1) is 14.9. The highest BCUT2D eigenvalue weighted by molar-refractivity contribution is 7.99. The Hall–Kier alpha value is -0.510. The maximum Gasteiger partial charge on any atom is 0.0762 e. The van der Waals surface area contributed by atoms with Gasteiger partial charge in [0.2, 0.25) is 0 Å². The lowest BCUT2D eigenvalue weighted by Crippen LogP contribution is -2.49. The molecule has 0 aromatic heterocycles. The van der Waals surface area contributed by atoms with Crippen LogP contribution < -0.4 is 5.32 Å². The van der Waals surface area contributed by atoms with Gasteiger partial charge in [0.25, 0.3) is 0 Å². The normalized spacial score (nSPS) is 19.9. The molecule has 19 heavy (non-hydrogen) atoms. The van der Waals surface area contributed by atoms with Crippen molar-refractivity contribution in [1.82, 2.24) is 5.32 Å². The first-order valence-corrected chi connectivity index (χ1v) is 8.31. The summed E-state index contributed by atoms with van der Waals surface area (Å²) in [6.07, 6.45) is 3.65. The van der Waals surface area contributed by atoms with Crippen LogP contribution in [0.25, 0.3) is 0 Å². The minimum atomic E-state index is -0.281. The molecule has 2 nitrogen and oxygen atoms in total. The zero-order chi connectivity index (χ0) is 13.7. The third kappa shape index (κ3) is 3.98. The van der Waals surface area contributed by atoms with Gasteiger partial charge in [-0.05, 0) is 24.8 Å². The maximum atomic E-state index is 10.0. The smallest absolute Gasteiger partial charge is 0.0762 e. The number of thioether (sulfide) groups is 1. The van der Waals surface area contributed by atoms with Crippen molar-refractivity contribution in [2.45, 2.75) is 49.9 Å². The first-order valence-electron chi connectivity index (χ1n) is 7.26. The molecule has 2 atom stereocenters. The minimum absolute atomic E-state index is 0.164. The summed E-state index contributed by atoms with van der Waals surface area (Å²) in [5.41, 5.74) is 0.927. The van der Waals surface area contributed by atoms with Crippen LogP contribution in [0.15, 0.2) is 30.3 Å². The zero-order valence-electron chi connectivity index (χ0n) is 11.9. The number of hydrogen-bond acceptors (Lipinski definition) is 3. The average Bonchev–Trinajstić information content (AvgIpc) is 3.28. The minimum Gasteiger partial charge on any atom is -0.394 e. The van der Waals surface area contributed by atoms with Gasteiger partial charge in [-0.2, -0.15) is 11.8 Å². The van der Waals surface area contributed by atoms with E-state index in [9.17, 15) is 5.11 Å². The second-order valence-electron chi connectivity index (χ2n) is 5.55. The predicted octanol–water partition coefficient (Wildman–Crippen LogP) is 3.16. The van der Waals surface area contributed by atoms with Crippen LogP contribution in [0.2, 0.25) is 0 Å². The highest BCUT2D eigenvalue weighted by atomic mass is 32.2. The summed E-state index contributed by atoms with van der Waals surface area (Å²) in [6.45, 7) is 4.64. The van der Waals surface area contributed by atoms with Crippen LogP contribution in [0.3, 0.4) is 0 Å². The van der Waals surface area contributed by atoms with Gasteiger partial charge < -0.3 is 10.4 Å². The molecular weight excluding hydrogens is 254 g/mol. The summed E-state index contributed by atoms with van der Waals surface area (Å²) in [5, 5.41) is 14.3. The zero-order valence-corrected chi connectivity index (χ0v) is 12.7. The second kappa shape index (κ2) is 6.78. The molecule has 1 fully saturated rings. The molecule has 0 saturated heterocycles. The van der Waals surface area contributed by atoms with E-state index in [-0.39, 0.29) is 12.1 Å². The van der Waals surface area contributed by atoms with Crippen LogP contribution in [0.1, 0.15) is 38.7 Å². The maximum absolute atomic E-state index is 10.0. The fourth-order valence-electron chi connectivity index (χ4n) is 2.17. The molecule has 2 N–H and O–H groups in total. The Morgan fingerprint density at radius 1 is 1.37 bits per heavy atom. The van der Waals surface area contributed by atoms with Gasteiger partial charge in [-0.3, -0.25) is 0 Å². The van der Waals surface area contributed by atoms with Crippen molar-refractivity contribution >= 4 is 11.8 Å². The largest absolute Gasteiger partial charge is 0.394 e. The number of benzene rings is 1. The Bertz CT molecular complexity index is 380. The predicted molar refractivity (Wildman–Crippen MR) is 83.6 cm³/mol. The van der Waals surface area contributed by atoms with Crippen LogP contribution in [0.5, 0.6) is 0 Å². The molecule has 0 heterocycles. The summed E-state index contributed by atoms with van der Waals surface area (Å²) in [7, 11) is 0. The Morgan fingerprint density at radius 3 is 2.58 bits per heavy atom. The van der Waals surface area contributed by atoms with Crippen molar-refractivity contribution in [3.8, 4) is 0 Å². The van der Waals surface area contributed by atoms with E-state index >= 15 is 0 Å². The Morgan fingerprint density at radius 2 is 2.05 bits per heavy atom. The third-order valence-corrected chi connectivity index (χ3v) is 5.41. The van der Waals surface area contributed by atoms with Crippen molar-refractivity contribution in [1.29, 1.82) is 0 Å². The summed E-state index contributed by atoms with van der Waals surface area (Å²) in [6, 6.07) is 11.0. The van der Waals surface area contributed by atoms with Crippen molar-refractivity contribution in [2.75, 3.05) is 12.4 Å². The van der Waals surface area contributed by atoms with E-state index in [0.29, 0.717) is 11.3 Å². The number of hydrogen-bond donors (Lipinski definition) is 2. The molecule has 1 aromatic carbocycles. The molecule has 1 aliphatic carbocycles. The summed E-state index contributed by atoms with van der Waals surface area (Å²) < 4.78 is 0. The van der Waals surface area contributed by atoms with Crippen LogP contribution in [-0.4, -0.2) is 28.8 Å². The summed E-state index contributed by atoms with van der Waals surface area (Å²) in [4.78, 5) is 0. The van der Waals surface area contributed by atoms with Gasteiger partial charge in [-0.1, -0.05) is 44.2 Å². The first-order chi connectivity index (χ1) is 9.20. The van der Waals surface area contributed by atoms with Gasteiger partial charge >= 0.3 is 0 Å². The average molecular weight is 279 g/mol. The van der Waals surface area contributed by atoms with E-state index in [0.717, 1.165) is 5.75 Å². The van der Waals surface area contributed by atoms with E-state index < -0.39 is 0 Å². The van der Waals surface area contributed by atoms with Crippen molar-refractivity contribution in [3.63, 3.8) is 0 Å². The van der Waals surface area contributed by atoms with E-state index in [4.69, 9.17) is 0 Å². The standard InChI is InChI=1S/C16H25NOS/c1-3-13(2)19-12-16(11-18,17-15-9-10-15)14-7-5-4-6-8-14/h4-8,13,15,17-18H,3,9-12H2,1-2H3. The van der Waals surface area contributed by atoms with Gasteiger partial charge in [0.05, 0.1) is 12.1 Å². The SMILES string of the molecule is CCC(C)SCC(CO)(NC1CC1)c1ccccc1. The molecular formula is C16H25NOS. The van der Waals surface area contributed by atoms with E-state index in [1.54, 1.807) is 0 Å². The quantitative estimate of drug-likeness (QED) is 0.766. The molecule has 0 bridgehead atoms. The molecule has 1 aliphatic rings. The number of rotatable bonds is 8. The van der Waals surface area contributed by atoms with Crippen LogP contribution in [0.4, 0.5) is 0 Å². The van der Waals surface area contributed by atoms with Crippen LogP contribution in [-0.2, 0) is 5.54 Å². The van der Waals surface area contributed by atoms with Crippen molar-refractivity contribution < 1.29 is 5.11 Å². The van der Waals surface area contributed by atoms with E-state index in [1.165, 1.54) is 24.8 Å². The Kier molecular flexibility index (Phi) is 5.31. The molecule has 1 aromatic rings. The molecule has 2 rings (SSSR count). The molecule has 0 aliphatic heterocycles. The lowest BCUT2D eigenvalue weighted by atomic mass is 9.92.